The van der Waals surface area contributed by atoms with Gasteiger partial charge in [0.15, 0.2) is 28.2 Å². The lowest BCUT2D eigenvalue weighted by Gasteiger charge is -2.04. The Hall–Kier alpha value is -2.34. The predicted octanol–water partition coefficient (Wildman–Crippen LogP) is 3.78. The van der Waals surface area contributed by atoms with Crippen LogP contribution in [0.2, 0.25) is 5.15 Å². The fourth-order valence-corrected chi connectivity index (χ4v) is 2.66. The maximum Gasteiger partial charge on any atom is 0.181 e. The molecule has 118 valence electrons. The van der Waals surface area contributed by atoms with Crippen molar-refractivity contribution in [2.24, 2.45) is 0 Å². The number of halogens is 3. The molecule has 0 radical (unpaired) electrons. The number of imidazole rings is 1. The summed E-state index contributed by atoms with van der Waals surface area (Å²) in [6, 6.07) is 3.62. The summed E-state index contributed by atoms with van der Waals surface area (Å²) in [7, 11) is 0. The third-order valence-electron chi connectivity index (χ3n) is 3.56. The Bertz CT molecular complexity index is 908. The summed E-state index contributed by atoms with van der Waals surface area (Å²) >= 11 is 5.97. The zero-order valence-electron chi connectivity index (χ0n) is 12.2. The second kappa shape index (κ2) is 6.04. The molecule has 0 fully saturated rings. The molecule has 3 rings (SSSR count). The Morgan fingerprint density at radius 1 is 1.30 bits per heavy atom. The van der Waals surface area contributed by atoms with Crippen LogP contribution in [0.15, 0.2) is 30.6 Å². The first-order valence-corrected chi connectivity index (χ1v) is 7.31. The molecular formula is C16H12ClF2N3O. The van der Waals surface area contributed by atoms with E-state index in [9.17, 15) is 13.6 Å². The molecule has 0 unspecified atom stereocenters. The summed E-state index contributed by atoms with van der Waals surface area (Å²) < 4.78 is 27.7. The highest BCUT2D eigenvalue weighted by Gasteiger charge is 2.18. The third-order valence-corrected chi connectivity index (χ3v) is 3.83. The first-order valence-electron chi connectivity index (χ1n) is 6.93. The van der Waals surface area contributed by atoms with Crippen molar-refractivity contribution in [3.8, 4) is 0 Å². The van der Waals surface area contributed by atoms with E-state index in [2.05, 4.69) is 9.97 Å². The number of aromatic nitrogens is 3. The molecule has 2 aromatic heterocycles. The number of benzene rings is 1. The van der Waals surface area contributed by atoms with Crippen molar-refractivity contribution in [1.29, 1.82) is 0 Å². The van der Waals surface area contributed by atoms with Crippen LogP contribution >= 0.6 is 11.6 Å². The fraction of sp³-hybridized carbons (Fsp3) is 0.188. The number of hydrogen-bond donors (Lipinski definition) is 0. The predicted molar refractivity (Wildman–Crippen MR) is 81.7 cm³/mol. The average molecular weight is 336 g/mol. The van der Waals surface area contributed by atoms with Crippen LogP contribution in [0, 0.1) is 18.6 Å². The molecule has 7 heteroatoms. The lowest BCUT2D eigenvalue weighted by molar-refractivity contribution is 0.0976. The largest absolute Gasteiger partial charge is 0.293 e. The highest BCUT2D eigenvalue weighted by molar-refractivity contribution is 6.32. The summed E-state index contributed by atoms with van der Waals surface area (Å²) in [5.41, 5.74) is 1.95. The van der Waals surface area contributed by atoms with Gasteiger partial charge < -0.3 is 0 Å². The molecule has 0 aliphatic rings. The number of ketones is 1. The van der Waals surface area contributed by atoms with Crippen LogP contribution in [0.4, 0.5) is 8.78 Å². The van der Waals surface area contributed by atoms with Gasteiger partial charge in [0.1, 0.15) is 5.69 Å². The minimum absolute atomic E-state index is 0.151. The normalized spacial score (nSPS) is 11.1. The van der Waals surface area contributed by atoms with Crippen molar-refractivity contribution in [2.45, 2.75) is 19.8 Å². The summed E-state index contributed by atoms with van der Waals surface area (Å²) in [6.07, 6.45) is 3.57. The lowest BCUT2D eigenvalue weighted by atomic mass is 10.1. The first-order chi connectivity index (χ1) is 11.0. The molecular weight excluding hydrogens is 324 g/mol. The van der Waals surface area contributed by atoms with Crippen LogP contribution in [-0.4, -0.2) is 20.2 Å². The second-order valence-electron chi connectivity index (χ2n) is 5.13. The van der Waals surface area contributed by atoms with Crippen molar-refractivity contribution < 1.29 is 13.6 Å². The van der Waals surface area contributed by atoms with Crippen molar-refractivity contribution >= 4 is 23.0 Å². The van der Waals surface area contributed by atoms with E-state index in [0.29, 0.717) is 29.0 Å². The Labute approximate surface area is 135 Å². The standard InChI is InChI=1S/C16H12ClF2N3O/c1-9-14(22-7-6-20-15(17)16(22)21-9)13(23)5-3-10-2-4-11(18)12(19)8-10/h2,4,6-8H,3,5H2,1H3. The van der Waals surface area contributed by atoms with Crippen LogP contribution in [0.3, 0.4) is 0 Å². The van der Waals surface area contributed by atoms with Gasteiger partial charge in [0.25, 0.3) is 0 Å². The van der Waals surface area contributed by atoms with Crippen molar-refractivity contribution in [3.63, 3.8) is 0 Å². The molecule has 0 atom stereocenters. The minimum atomic E-state index is -0.918. The number of hydrogen-bond acceptors (Lipinski definition) is 3. The molecule has 0 saturated carbocycles. The number of nitrogens with zero attached hydrogens (tertiary/aromatic N) is 3. The number of carbonyl (C=O) groups excluding carboxylic acids is 1. The lowest BCUT2D eigenvalue weighted by Crippen LogP contribution is -2.07. The zero-order valence-corrected chi connectivity index (χ0v) is 12.9. The van der Waals surface area contributed by atoms with Gasteiger partial charge in [-0.2, -0.15) is 0 Å². The van der Waals surface area contributed by atoms with Gasteiger partial charge in [-0.3, -0.25) is 9.20 Å². The zero-order chi connectivity index (χ0) is 16.6. The molecule has 2 heterocycles. The van der Waals surface area contributed by atoms with E-state index in [4.69, 9.17) is 11.6 Å². The molecule has 0 N–H and O–H groups in total. The molecule has 1 aromatic carbocycles. The van der Waals surface area contributed by atoms with Crippen molar-refractivity contribution in [2.75, 3.05) is 0 Å². The van der Waals surface area contributed by atoms with Crippen LogP contribution in [0.1, 0.15) is 28.2 Å². The maximum absolute atomic E-state index is 13.2. The number of aryl methyl sites for hydroxylation is 2. The number of fused-ring (bicyclic) bond motifs is 1. The van der Waals surface area contributed by atoms with Crippen molar-refractivity contribution in [1.82, 2.24) is 14.4 Å². The maximum atomic E-state index is 13.2. The number of rotatable bonds is 4. The SMILES string of the molecule is Cc1nc2c(Cl)nccn2c1C(=O)CCc1ccc(F)c(F)c1. The van der Waals surface area contributed by atoms with Crippen LogP contribution in [0.5, 0.6) is 0 Å². The van der Waals surface area contributed by atoms with Crippen LogP contribution in [0.25, 0.3) is 5.65 Å². The highest BCUT2D eigenvalue weighted by Crippen LogP contribution is 2.20. The van der Waals surface area contributed by atoms with E-state index in [0.717, 1.165) is 12.1 Å². The van der Waals surface area contributed by atoms with E-state index in [1.165, 1.54) is 12.3 Å². The smallest absolute Gasteiger partial charge is 0.181 e. The van der Waals surface area contributed by atoms with Gasteiger partial charge in [-0.15, -0.1) is 0 Å². The Morgan fingerprint density at radius 2 is 2.09 bits per heavy atom. The molecule has 0 aliphatic heterocycles. The fourth-order valence-electron chi connectivity index (χ4n) is 2.47. The third kappa shape index (κ3) is 2.94. The van der Waals surface area contributed by atoms with Gasteiger partial charge in [-0.25, -0.2) is 18.7 Å². The van der Waals surface area contributed by atoms with E-state index < -0.39 is 11.6 Å². The molecule has 23 heavy (non-hydrogen) atoms. The number of Topliss-reactive ketones (excluding diaryl/α,β-unsaturated/α-hetero) is 1. The topological polar surface area (TPSA) is 47.3 Å². The Balaban J connectivity index is 1.85. The van der Waals surface area contributed by atoms with Crippen LogP contribution in [-0.2, 0) is 6.42 Å². The quantitative estimate of drug-likeness (QED) is 0.682. The summed E-state index contributed by atoms with van der Waals surface area (Å²) in [5, 5.41) is 0.218. The molecule has 0 saturated heterocycles. The molecule has 3 aromatic rings. The van der Waals surface area contributed by atoms with E-state index in [1.807, 2.05) is 0 Å². The summed E-state index contributed by atoms with van der Waals surface area (Å²) in [5.74, 6) is -1.97. The number of carbonyl (C=O) groups is 1. The van der Waals surface area contributed by atoms with E-state index >= 15 is 0 Å². The van der Waals surface area contributed by atoms with Gasteiger partial charge in [0.2, 0.25) is 0 Å². The van der Waals surface area contributed by atoms with Gasteiger partial charge in [0, 0.05) is 18.8 Å². The molecule has 0 spiro atoms. The monoisotopic (exact) mass is 335 g/mol. The molecule has 0 bridgehead atoms. The Morgan fingerprint density at radius 3 is 2.83 bits per heavy atom. The van der Waals surface area contributed by atoms with Gasteiger partial charge >= 0.3 is 0 Å². The highest BCUT2D eigenvalue weighted by atomic mass is 35.5. The van der Waals surface area contributed by atoms with Gasteiger partial charge in [0.05, 0.1) is 5.69 Å². The average Bonchev–Trinajstić information content (AvgIpc) is 2.86. The second-order valence-corrected chi connectivity index (χ2v) is 5.49. The molecule has 4 nitrogen and oxygen atoms in total. The van der Waals surface area contributed by atoms with Crippen LogP contribution < -0.4 is 0 Å². The van der Waals surface area contributed by atoms with E-state index in [1.54, 1.807) is 17.5 Å². The van der Waals surface area contributed by atoms with Gasteiger partial charge in [-0.1, -0.05) is 17.7 Å². The molecule has 0 aliphatic carbocycles. The Kier molecular flexibility index (Phi) is 4.09. The van der Waals surface area contributed by atoms with Gasteiger partial charge in [-0.05, 0) is 31.0 Å². The van der Waals surface area contributed by atoms with Crippen molar-refractivity contribution in [3.05, 3.63) is 64.3 Å². The summed E-state index contributed by atoms with van der Waals surface area (Å²) in [4.78, 5) is 20.7. The first kappa shape index (κ1) is 15.6. The summed E-state index contributed by atoms with van der Waals surface area (Å²) in [6.45, 7) is 1.72. The van der Waals surface area contributed by atoms with E-state index in [-0.39, 0.29) is 17.4 Å². The molecule has 0 amide bonds. The minimum Gasteiger partial charge on any atom is -0.293 e.